The number of phenolic OH excluding ortho intramolecular Hbond substituents is 1. The third-order valence-electron chi connectivity index (χ3n) is 5.78. The summed E-state index contributed by atoms with van der Waals surface area (Å²) >= 11 is 0. The van der Waals surface area contributed by atoms with Crippen LogP contribution in [0, 0.1) is 0 Å². The number of hydrogen-bond donors (Lipinski definition) is 2. The van der Waals surface area contributed by atoms with Gasteiger partial charge in [0.05, 0.1) is 24.3 Å². The zero-order valence-corrected chi connectivity index (χ0v) is 16.3. The first-order valence-corrected chi connectivity index (χ1v) is 9.77. The molecule has 2 aliphatic rings. The lowest BCUT2D eigenvalue weighted by Gasteiger charge is -2.27. The number of fused-ring (bicyclic) bond motifs is 2. The second-order valence-electron chi connectivity index (χ2n) is 7.59. The Morgan fingerprint density at radius 2 is 2.20 bits per heavy atom. The summed E-state index contributed by atoms with van der Waals surface area (Å²) in [7, 11) is 1.66. The molecule has 2 aliphatic heterocycles. The fraction of sp³-hybridized carbons (Fsp3) is 0.333. The van der Waals surface area contributed by atoms with Gasteiger partial charge in [-0.2, -0.15) is 0 Å². The van der Waals surface area contributed by atoms with Gasteiger partial charge in [-0.25, -0.2) is 14.4 Å². The number of alkyl halides is 1. The summed E-state index contributed by atoms with van der Waals surface area (Å²) < 4.78 is 22.0. The minimum Gasteiger partial charge on any atom is -0.507 e. The predicted octanol–water partition coefficient (Wildman–Crippen LogP) is 2.30. The van der Waals surface area contributed by atoms with E-state index in [1.165, 1.54) is 6.20 Å². The maximum Gasteiger partial charge on any atom is 0.174 e. The Morgan fingerprint density at radius 1 is 1.30 bits per heavy atom. The summed E-state index contributed by atoms with van der Waals surface area (Å²) in [5.41, 5.74) is 2.39. The monoisotopic (exact) mass is 408 g/mol. The van der Waals surface area contributed by atoms with Gasteiger partial charge in [-0.1, -0.05) is 0 Å². The summed E-state index contributed by atoms with van der Waals surface area (Å²) in [6.45, 7) is 0. The standard InChI is InChI=1S/C21H21FN6O2/c1-30-19-9-16-21(22)12(6-15(19)25-16)7-20-24-10-17(26-27-20)14-3-2-13(8-18(14)29)28-5-4-23-11-28/h2-5,7-8,10-11,15-16,19,21,25,29H,6,9H2,1H3/b12-7+/t15-,16-,19+,21-/m0/s1. The molecule has 3 aromatic rings. The Labute approximate surface area is 172 Å². The number of rotatable bonds is 4. The van der Waals surface area contributed by atoms with E-state index in [-0.39, 0.29) is 23.9 Å². The molecule has 0 amide bonds. The average Bonchev–Trinajstić information content (AvgIpc) is 3.41. The van der Waals surface area contributed by atoms with Gasteiger partial charge >= 0.3 is 0 Å². The molecule has 2 bridgehead atoms. The molecule has 4 heterocycles. The zero-order chi connectivity index (χ0) is 20.7. The number of hydrogen-bond acceptors (Lipinski definition) is 7. The minimum absolute atomic E-state index is 0.0221. The number of aromatic hydroxyl groups is 1. The number of halogens is 1. The number of imidazole rings is 1. The maximum atomic E-state index is 14.8. The van der Waals surface area contributed by atoms with Crippen LogP contribution in [0.5, 0.6) is 5.75 Å². The Morgan fingerprint density at radius 3 is 2.90 bits per heavy atom. The van der Waals surface area contributed by atoms with Crippen LogP contribution in [0.15, 0.2) is 48.7 Å². The van der Waals surface area contributed by atoms with Crippen molar-refractivity contribution >= 4 is 6.08 Å². The normalized spacial score (nSPS) is 26.9. The highest BCUT2D eigenvalue weighted by Gasteiger charge is 2.44. The van der Waals surface area contributed by atoms with Gasteiger partial charge in [0.15, 0.2) is 5.82 Å². The molecule has 2 saturated heterocycles. The molecule has 4 atom stereocenters. The topological polar surface area (TPSA) is 98.0 Å². The van der Waals surface area contributed by atoms with Crippen molar-refractivity contribution in [3.05, 3.63) is 54.5 Å². The lowest BCUT2D eigenvalue weighted by Crippen LogP contribution is -2.44. The van der Waals surface area contributed by atoms with Crippen molar-refractivity contribution in [3.63, 3.8) is 0 Å². The third-order valence-corrected chi connectivity index (χ3v) is 5.78. The van der Waals surface area contributed by atoms with Gasteiger partial charge in [0.25, 0.3) is 0 Å². The largest absolute Gasteiger partial charge is 0.507 e. The Bertz CT molecular complexity index is 1070. The molecule has 2 aromatic heterocycles. The van der Waals surface area contributed by atoms with Gasteiger partial charge in [-0.3, -0.25) is 0 Å². The number of ether oxygens (including phenoxy) is 1. The molecule has 2 N–H and O–H groups in total. The molecule has 0 saturated carbocycles. The van der Waals surface area contributed by atoms with E-state index < -0.39 is 6.17 Å². The number of benzene rings is 1. The lowest BCUT2D eigenvalue weighted by molar-refractivity contribution is 0.0927. The number of aromatic nitrogens is 5. The van der Waals surface area contributed by atoms with Crippen molar-refractivity contribution in [3.8, 4) is 22.7 Å². The highest BCUT2D eigenvalue weighted by Crippen LogP contribution is 2.35. The molecule has 9 heteroatoms. The summed E-state index contributed by atoms with van der Waals surface area (Å²) in [5, 5.41) is 22.0. The van der Waals surface area contributed by atoms with E-state index in [1.54, 1.807) is 48.6 Å². The highest BCUT2D eigenvalue weighted by atomic mass is 19.1. The first-order chi connectivity index (χ1) is 14.6. The summed E-state index contributed by atoms with van der Waals surface area (Å²) in [4.78, 5) is 8.31. The molecule has 0 radical (unpaired) electrons. The number of methoxy groups -OCH3 is 1. The van der Waals surface area contributed by atoms with E-state index in [2.05, 4.69) is 25.5 Å². The highest BCUT2D eigenvalue weighted by molar-refractivity contribution is 5.68. The van der Waals surface area contributed by atoms with Gasteiger partial charge in [-0.15, -0.1) is 10.2 Å². The van der Waals surface area contributed by atoms with Gasteiger partial charge in [-0.05, 0) is 36.6 Å². The fourth-order valence-corrected chi connectivity index (χ4v) is 4.23. The zero-order valence-electron chi connectivity index (χ0n) is 16.3. The smallest absolute Gasteiger partial charge is 0.174 e. The molecule has 30 heavy (non-hydrogen) atoms. The molecule has 5 rings (SSSR count). The van der Waals surface area contributed by atoms with Crippen LogP contribution < -0.4 is 5.32 Å². The van der Waals surface area contributed by atoms with Crippen LogP contribution in [0.25, 0.3) is 23.0 Å². The SMILES string of the molecule is CO[C@@H]1C[C@@H]2N[C@H]1C/C(=C\c1ncc(-c3ccc(-n4ccnc4)cc3O)nn1)[C@@H]2F. The van der Waals surface area contributed by atoms with Crippen molar-refractivity contribution in [2.45, 2.75) is 37.2 Å². The van der Waals surface area contributed by atoms with Crippen molar-refractivity contribution in [1.82, 2.24) is 30.0 Å². The van der Waals surface area contributed by atoms with Gasteiger partial charge in [0.1, 0.15) is 17.6 Å². The Kier molecular flexibility index (Phi) is 4.76. The first kappa shape index (κ1) is 18.8. The van der Waals surface area contributed by atoms with Gasteiger partial charge in [0.2, 0.25) is 0 Å². The lowest BCUT2D eigenvalue weighted by atomic mass is 9.96. The van der Waals surface area contributed by atoms with E-state index in [0.717, 1.165) is 5.69 Å². The molecular formula is C21H21FN6O2. The fourth-order valence-electron chi connectivity index (χ4n) is 4.23. The summed E-state index contributed by atoms with van der Waals surface area (Å²) in [5.74, 6) is 0.411. The molecule has 0 spiro atoms. The van der Waals surface area contributed by atoms with Crippen LogP contribution in [0.1, 0.15) is 18.7 Å². The van der Waals surface area contributed by atoms with Gasteiger partial charge < -0.3 is 19.7 Å². The summed E-state index contributed by atoms with van der Waals surface area (Å²) in [6.07, 6.45) is 8.45. The second-order valence-corrected chi connectivity index (χ2v) is 7.59. The van der Waals surface area contributed by atoms with E-state index in [4.69, 9.17) is 4.74 Å². The van der Waals surface area contributed by atoms with Crippen LogP contribution in [0.2, 0.25) is 0 Å². The summed E-state index contributed by atoms with van der Waals surface area (Å²) in [6, 6.07) is 5.09. The number of nitrogens with one attached hydrogen (secondary N) is 1. The Balaban J connectivity index is 1.37. The maximum absolute atomic E-state index is 14.8. The molecule has 1 aromatic carbocycles. The van der Waals surface area contributed by atoms with E-state index in [0.29, 0.717) is 35.5 Å². The number of nitrogens with zero attached hydrogens (tertiary/aromatic N) is 5. The van der Waals surface area contributed by atoms with Crippen LogP contribution in [0.4, 0.5) is 4.39 Å². The van der Waals surface area contributed by atoms with Crippen LogP contribution >= 0.6 is 0 Å². The predicted molar refractivity (Wildman–Crippen MR) is 108 cm³/mol. The van der Waals surface area contributed by atoms with Crippen LogP contribution in [0.3, 0.4) is 0 Å². The third kappa shape index (κ3) is 3.35. The number of phenols is 1. The van der Waals surface area contributed by atoms with E-state index in [9.17, 15) is 9.50 Å². The van der Waals surface area contributed by atoms with Gasteiger partial charge in [0, 0.05) is 43.2 Å². The molecule has 154 valence electrons. The van der Waals surface area contributed by atoms with Crippen molar-refractivity contribution in [2.24, 2.45) is 0 Å². The van der Waals surface area contributed by atoms with Crippen LogP contribution in [-0.4, -0.2) is 61.3 Å². The molecule has 0 unspecified atom stereocenters. The van der Waals surface area contributed by atoms with E-state index in [1.807, 2.05) is 6.07 Å². The van der Waals surface area contributed by atoms with E-state index >= 15 is 0 Å². The minimum atomic E-state index is -1.09. The second kappa shape index (κ2) is 7.58. The molecule has 2 fully saturated rings. The van der Waals surface area contributed by atoms with Crippen LogP contribution in [-0.2, 0) is 4.74 Å². The molecule has 8 nitrogen and oxygen atoms in total. The van der Waals surface area contributed by atoms with Crippen molar-refractivity contribution < 1.29 is 14.2 Å². The quantitative estimate of drug-likeness (QED) is 0.684. The van der Waals surface area contributed by atoms with Crippen molar-refractivity contribution in [1.29, 1.82) is 0 Å². The molecular weight excluding hydrogens is 387 g/mol. The average molecular weight is 408 g/mol. The van der Waals surface area contributed by atoms with Crippen molar-refractivity contribution in [2.75, 3.05) is 7.11 Å². The number of piperidine rings is 1. The first-order valence-electron chi connectivity index (χ1n) is 9.77. The molecule has 0 aliphatic carbocycles. The Hall–Kier alpha value is -3.17.